The molecule has 4 rings (SSSR count). The number of piperidine rings is 1. The number of fused-ring (bicyclic) bond motifs is 4. The summed E-state index contributed by atoms with van der Waals surface area (Å²) in [6.07, 6.45) is 0.331. The van der Waals surface area contributed by atoms with E-state index in [-0.39, 0.29) is 25.3 Å². The second-order valence-electron chi connectivity index (χ2n) is 7.96. The third-order valence-electron chi connectivity index (χ3n) is 5.65. The number of nitrogens with zero attached hydrogens (tertiary/aromatic N) is 1. The van der Waals surface area contributed by atoms with Crippen LogP contribution in [0.2, 0.25) is 0 Å². The van der Waals surface area contributed by atoms with Crippen molar-refractivity contribution in [1.82, 2.24) is 4.90 Å². The summed E-state index contributed by atoms with van der Waals surface area (Å²) in [6, 6.07) is 3.24. The molecule has 1 atom stereocenters. The minimum absolute atomic E-state index is 0.0437. The summed E-state index contributed by atoms with van der Waals surface area (Å²) in [6.45, 7) is 6.23. The highest BCUT2D eigenvalue weighted by molar-refractivity contribution is 5.94. The summed E-state index contributed by atoms with van der Waals surface area (Å²) in [4.78, 5) is 13.5. The van der Waals surface area contributed by atoms with E-state index >= 15 is 8.78 Å². The molecule has 0 bridgehead atoms. The minimum atomic E-state index is -2.90. The fourth-order valence-corrected chi connectivity index (χ4v) is 4.05. The quantitative estimate of drug-likeness (QED) is 0.682. The SMILES string of the molecule is CC(C)(C)N1CCC2(COc3c2ccc2c3COC2=O)C(F)(F)C1. The minimum Gasteiger partial charge on any atom is -0.492 e. The average molecular weight is 337 g/mol. The van der Waals surface area contributed by atoms with Crippen LogP contribution in [0.5, 0.6) is 5.75 Å². The van der Waals surface area contributed by atoms with Crippen LogP contribution in [0.25, 0.3) is 0 Å². The van der Waals surface area contributed by atoms with Crippen LogP contribution in [0.4, 0.5) is 8.78 Å². The lowest BCUT2D eigenvalue weighted by atomic mass is 9.70. The number of rotatable bonds is 0. The number of alkyl halides is 2. The molecule has 3 heterocycles. The van der Waals surface area contributed by atoms with Gasteiger partial charge in [0.15, 0.2) is 0 Å². The molecular weight excluding hydrogens is 316 g/mol. The second kappa shape index (κ2) is 4.69. The maximum atomic E-state index is 15.2. The number of hydrogen-bond donors (Lipinski definition) is 0. The summed E-state index contributed by atoms with van der Waals surface area (Å²) in [5, 5.41) is 0. The molecule has 1 spiro atoms. The number of ether oxygens (including phenoxy) is 2. The van der Waals surface area contributed by atoms with E-state index in [0.29, 0.717) is 35.4 Å². The highest BCUT2D eigenvalue weighted by atomic mass is 19.3. The molecule has 4 nitrogen and oxygen atoms in total. The molecule has 1 saturated heterocycles. The van der Waals surface area contributed by atoms with Gasteiger partial charge in [-0.2, -0.15) is 0 Å². The Morgan fingerprint density at radius 1 is 1.21 bits per heavy atom. The molecule has 0 amide bonds. The summed E-state index contributed by atoms with van der Waals surface area (Å²) in [7, 11) is 0. The Morgan fingerprint density at radius 2 is 1.96 bits per heavy atom. The lowest BCUT2D eigenvalue weighted by Crippen LogP contribution is -2.62. The first-order valence-electron chi connectivity index (χ1n) is 8.25. The Hall–Kier alpha value is -1.69. The van der Waals surface area contributed by atoms with E-state index in [1.165, 1.54) is 0 Å². The first kappa shape index (κ1) is 15.8. The summed E-state index contributed by atoms with van der Waals surface area (Å²) < 4.78 is 41.2. The Bertz CT molecular complexity index is 726. The van der Waals surface area contributed by atoms with Gasteiger partial charge in [0.25, 0.3) is 5.92 Å². The Labute approximate surface area is 139 Å². The number of esters is 1. The molecule has 0 aliphatic carbocycles. The van der Waals surface area contributed by atoms with Gasteiger partial charge in [0.05, 0.1) is 17.5 Å². The molecule has 3 aliphatic heterocycles. The van der Waals surface area contributed by atoms with Crippen molar-refractivity contribution in [2.75, 3.05) is 19.7 Å². The maximum Gasteiger partial charge on any atom is 0.339 e. The van der Waals surface area contributed by atoms with E-state index in [1.54, 1.807) is 12.1 Å². The molecule has 6 heteroatoms. The lowest BCUT2D eigenvalue weighted by molar-refractivity contribution is -0.148. The van der Waals surface area contributed by atoms with Gasteiger partial charge in [0.1, 0.15) is 19.0 Å². The summed E-state index contributed by atoms with van der Waals surface area (Å²) >= 11 is 0. The van der Waals surface area contributed by atoms with Gasteiger partial charge in [-0.05, 0) is 33.3 Å². The Balaban J connectivity index is 1.76. The number of carbonyl (C=O) groups is 1. The van der Waals surface area contributed by atoms with Gasteiger partial charge < -0.3 is 9.47 Å². The molecule has 1 aromatic carbocycles. The fraction of sp³-hybridized carbons (Fsp3) is 0.611. The zero-order valence-electron chi connectivity index (χ0n) is 14.1. The predicted octanol–water partition coefficient (Wildman–Crippen LogP) is 3.13. The van der Waals surface area contributed by atoms with E-state index < -0.39 is 17.3 Å². The highest BCUT2D eigenvalue weighted by Gasteiger charge is 2.62. The number of carbonyl (C=O) groups excluding carboxylic acids is 1. The number of likely N-dealkylation sites (tertiary alicyclic amines) is 1. The van der Waals surface area contributed by atoms with Crippen LogP contribution >= 0.6 is 0 Å². The van der Waals surface area contributed by atoms with Crippen molar-refractivity contribution >= 4 is 5.97 Å². The van der Waals surface area contributed by atoms with Crippen molar-refractivity contribution in [2.45, 2.75) is 50.7 Å². The zero-order valence-corrected chi connectivity index (χ0v) is 14.1. The molecule has 0 radical (unpaired) electrons. The van der Waals surface area contributed by atoms with Crippen LogP contribution in [0.15, 0.2) is 12.1 Å². The van der Waals surface area contributed by atoms with E-state index in [0.717, 1.165) is 0 Å². The number of halogens is 2. The van der Waals surface area contributed by atoms with Crippen LogP contribution in [0, 0.1) is 0 Å². The number of benzene rings is 1. The third kappa shape index (κ3) is 1.95. The third-order valence-corrected chi connectivity index (χ3v) is 5.65. The molecular formula is C18H21F2NO3. The van der Waals surface area contributed by atoms with Crippen LogP contribution in [0.3, 0.4) is 0 Å². The lowest BCUT2D eigenvalue weighted by Gasteiger charge is -2.49. The van der Waals surface area contributed by atoms with Crippen molar-refractivity contribution in [3.8, 4) is 5.75 Å². The Kier molecular flexibility index (Phi) is 3.09. The fourth-order valence-electron chi connectivity index (χ4n) is 4.05. The van der Waals surface area contributed by atoms with Crippen LogP contribution in [0.1, 0.15) is 48.7 Å². The maximum absolute atomic E-state index is 15.2. The number of cyclic esters (lactones) is 1. The van der Waals surface area contributed by atoms with Crippen LogP contribution < -0.4 is 4.74 Å². The van der Waals surface area contributed by atoms with E-state index in [9.17, 15) is 4.79 Å². The molecule has 1 unspecified atom stereocenters. The summed E-state index contributed by atoms with van der Waals surface area (Å²) in [5.74, 6) is -2.88. The normalized spacial score (nSPS) is 28.5. The average Bonchev–Trinajstić information content (AvgIpc) is 3.04. The van der Waals surface area contributed by atoms with Gasteiger partial charge in [0.2, 0.25) is 0 Å². The molecule has 24 heavy (non-hydrogen) atoms. The predicted molar refractivity (Wildman–Crippen MR) is 83.6 cm³/mol. The summed E-state index contributed by atoms with van der Waals surface area (Å²) in [5.41, 5.74) is -0.0428. The molecule has 3 aliphatic rings. The molecule has 1 aromatic rings. The van der Waals surface area contributed by atoms with Crippen LogP contribution in [-0.2, 0) is 16.8 Å². The van der Waals surface area contributed by atoms with Gasteiger partial charge in [-0.3, -0.25) is 4.90 Å². The van der Waals surface area contributed by atoms with Gasteiger partial charge in [-0.1, -0.05) is 6.07 Å². The molecule has 130 valence electrons. The first-order chi connectivity index (χ1) is 11.2. The molecule has 0 saturated carbocycles. The van der Waals surface area contributed by atoms with Crippen LogP contribution in [-0.4, -0.2) is 42.0 Å². The Morgan fingerprint density at radius 3 is 2.62 bits per heavy atom. The second-order valence-corrected chi connectivity index (χ2v) is 7.96. The van der Waals surface area contributed by atoms with Gasteiger partial charge in [-0.25, -0.2) is 13.6 Å². The van der Waals surface area contributed by atoms with Gasteiger partial charge >= 0.3 is 5.97 Å². The molecule has 0 aromatic heterocycles. The van der Waals surface area contributed by atoms with E-state index in [4.69, 9.17) is 9.47 Å². The van der Waals surface area contributed by atoms with E-state index in [2.05, 4.69) is 0 Å². The smallest absolute Gasteiger partial charge is 0.339 e. The van der Waals surface area contributed by atoms with E-state index in [1.807, 2.05) is 25.7 Å². The topological polar surface area (TPSA) is 38.8 Å². The molecule has 0 N–H and O–H groups in total. The largest absolute Gasteiger partial charge is 0.492 e. The van der Waals surface area contributed by atoms with Crippen molar-refractivity contribution < 1.29 is 23.0 Å². The van der Waals surface area contributed by atoms with Gasteiger partial charge in [-0.15, -0.1) is 0 Å². The van der Waals surface area contributed by atoms with Crippen molar-refractivity contribution in [3.05, 3.63) is 28.8 Å². The number of hydrogen-bond acceptors (Lipinski definition) is 4. The first-order valence-corrected chi connectivity index (χ1v) is 8.25. The monoisotopic (exact) mass is 337 g/mol. The van der Waals surface area contributed by atoms with Crippen molar-refractivity contribution in [2.24, 2.45) is 0 Å². The van der Waals surface area contributed by atoms with Crippen molar-refractivity contribution in [1.29, 1.82) is 0 Å². The zero-order chi connectivity index (χ0) is 17.3. The highest BCUT2D eigenvalue weighted by Crippen LogP contribution is 2.55. The molecule has 1 fully saturated rings. The van der Waals surface area contributed by atoms with Gasteiger partial charge in [0, 0.05) is 23.2 Å². The standard InChI is InChI=1S/C18H21F2NO3/c1-16(2,3)21-7-6-17(18(19,20)9-21)10-24-14-12-8-23-15(22)11(12)4-5-13(14)17/h4-5H,6-10H2,1-3H3. The van der Waals surface area contributed by atoms with Crippen molar-refractivity contribution in [3.63, 3.8) is 0 Å².